The monoisotopic (exact) mass is 458 g/mol. The molecule has 1 amide bonds. The molecule has 4 rings (SSSR count). The molecule has 0 saturated heterocycles. The summed E-state index contributed by atoms with van der Waals surface area (Å²) in [5.41, 5.74) is 1.14. The van der Waals surface area contributed by atoms with Crippen molar-refractivity contribution in [1.82, 2.24) is 14.1 Å². The Morgan fingerprint density at radius 1 is 1.20 bits per heavy atom. The number of thioether (sulfide) groups is 1. The van der Waals surface area contributed by atoms with Crippen LogP contribution in [0.15, 0.2) is 64.5 Å². The number of carbonyl (C=O) groups is 1. The highest BCUT2D eigenvalue weighted by Gasteiger charge is 2.17. The lowest BCUT2D eigenvalue weighted by Gasteiger charge is -2.09. The highest BCUT2D eigenvalue weighted by atomic mass is 32.2. The number of halogens is 1. The maximum absolute atomic E-state index is 13.7. The molecular formula is C20H15FN4O2S3. The van der Waals surface area contributed by atoms with Crippen molar-refractivity contribution in [3.05, 3.63) is 74.7 Å². The van der Waals surface area contributed by atoms with Gasteiger partial charge in [0, 0.05) is 12.7 Å². The summed E-state index contributed by atoms with van der Waals surface area (Å²) >= 11 is 7.76. The van der Waals surface area contributed by atoms with E-state index in [2.05, 4.69) is 10.3 Å². The predicted molar refractivity (Wildman–Crippen MR) is 121 cm³/mol. The van der Waals surface area contributed by atoms with E-state index in [0.29, 0.717) is 19.5 Å². The maximum atomic E-state index is 13.7. The van der Waals surface area contributed by atoms with Crippen LogP contribution in [-0.2, 0) is 11.8 Å². The lowest BCUT2D eigenvalue weighted by atomic mass is 10.3. The van der Waals surface area contributed by atoms with Gasteiger partial charge in [-0.2, -0.15) is 0 Å². The largest absolute Gasteiger partial charge is 0.323 e. The lowest BCUT2D eigenvalue weighted by molar-refractivity contribution is -0.113. The van der Waals surface area contributed by atoms with Crippen LogP contribution in [0.25, 0.3) is 16.0 Å². The fourth-order valence-electron chi connectivity index (χ4n) is 2.82. The van der Waals surface area contributed by atoms with Crippen LogP contribution in [0.5, 0.6) is 0 Å². The average Bonchev–Trinajstić information content (AvgIpc) is 3.08. The average molecular weight is 459 g/mol. The van der Waals surface area contributed by atoms with E-state index in [0.717, 1.165) is 17.4 Å². The van der Waals surface area contributed by atoms with Crippen LogP contribution in [0.2, 0.25) is 0 Å². The summed E-state index contributed by atoms with van der Waals surface area (Å²) in [4.78, 5) is 29.7. The van der Waals surface area contributed by atoms with Crippen molar-refractivity contribution in [2.75, 3.05) is 11.1 Å². The molecule has 0 aliphatic rings. The van der Waals surface area contributed by atoms with Crippen LogP contribution in [0, 0.1) is 9.77 Å². The second-order valence-corrected chi connectivity index (χ2v) is 8.85. The number of hydrogen-bond donors (Lipinski definition) is 1. The Balaban J connectivity index is 1.65. The Hall–Kier alpha value is -2.82. The Morgan fingerprint density at radius 3 is 2.63 bits per heavy atom. The van der Waals surface area contributed by atoms with Gasteiger partial charge in [0.15, 0.2) is 14.8 Å². The first-order chi connectivity index (χ1) is 14.5. The molecule has 0 unspecified atom stereocenters. The summed E-state index contributed by atoms with van der Waals surface area (Å²) in [7, 11) is 1.60. The van der Waals surface area contributed by atoms with Gasteiger partial charge in [0.25, 0.3) is 5.56 Å². The van der Waals surface area contributed by atoms with Crippen molar-refractivity contribution in [3.8, 4) is 5.69 Å². The van der Waals surface area contributed by atoms with Gasteiger partial charge in [-0.1, -0.05) is 53.4 Å². The molecule has 10 heteroatoms. The molecule has 0 saturated carbocycles. The van der Waals surface area contributed by atoms with E-state index in [4.69, 9.17) is 12.2 Å². The predicted octanol–water partition coefficient (Wildman–Crippen LogP) is 4.39. The van der Waals surface area contributed by atoms with Crippen molar-refractivity contribution < 1.29 is 9.18 Å². The quantitative estimate of drug-likeness (QED) is 0.273. The molecule has 4 aromatic rings. The second-order valence-electron chi connectivity index (χ2n) is 6.27. The summed E-state index contributed by atoms with van der Waals surface area (Å²) < 4.78 is 17.8. The Labute approximate surface area is 184 Å². The molecular weight excluding hydrogens is 443 g/mol. The number of benzene rings is 2. The van der Waals surface area contributed by atoms with Crippen LogP contribution in [-0.4, -0.2) is 25.8 Å². The summed E-state index contributed by atoms with van der Waals surface area (Å²) in [6.45, 7) is 0. The minimum Gasteiger partial charge on any atom is -0.323 e. The number of para-hydroxylation sites is 2. The molecule has 1 N–H and O–H groups in total. The third-order valence-corrected chi connectivity index (χ3v) is 6.65. The molecule has 2 aromatic carbocycles. The fraction of sp³-hybridized carbons (Fsp3) is 0.100. The van der Waals surface area contributed by atoms with Gasteiger partial charge >= 0.3 is 0 Å². The molecule has 0 spiro atoms. The molecule has 0 aliphatic carbocycles. The van der Waals surface area contributed by atoms with Crippen molar-refractivity contribution in [1.29, 1.82) is 0 Å². The number of nitrogens with one attached hydrogen (secondary N) is 1. The van der Waals surface area contributed by atoms with Gasteiger partial charge in [0.1, 0.15) is 10.5 Å². The molecule has 0 aliphatic heterocycles. The van der Waals surface area contributed by atoms with E-state index in [1.807, 2.05) is 30.3 Å². The van der Waals surface area contributed by atoms with Gasteiger partial charge in [-0.3, -0.25) is 18.7 Å². The summed E-state index contributed by atoms with van der Waals surface area (Å²) in [6.07, 6.45) is 0. The normalized spacial score (nSPS) is 11.0. The highest BCUT2D eigenvalue weighted by Crippen LogP contribution is 2.25. The van der Waals surface area contributed by atoms with Crippen LogP contribution in [0.3, 0.4) is 0 Å². The van der Waals surface area contributed by atoms with Crippen molar-refractivity contribution in [3.63, 3.8) is 0 Å². The van der Waals surface area contributed by atoms with E-state index in [-0.39, 0.29) is 17.0 Å². The minimum atomic E-state index is -0.511. The number of hydrogen-bond acceptors (Lipinski definition) is 6. The van der Waals surface area contributed by atoms with Gasteiger partial charge in [-0.15, -0.1) is 0 Å². The fourth-order valence-corrected chi connectivity index (χ4v) is 4.94. The van der Waals surface area contributed by atoms with E-state index in [1.54, 1.807) is 23.7 Å². The van der Waals surface area contributed by atoms with Crippen LogP contribution in [0.4, 0.5) is 10.1 Å². The number of nitrogens with zero attached hydrogens (tertiary/aromatic N) is 3. The molecule has 2 aromatic heterocycles. The molecule has 152 valence electrons. The first-order valence-electron chi connectivity index (χ1n) is 8.81. The topological polar surface area (TPSA) is 68.9 Å². The Kier molecular flexibility index (Phi) is 5.80. The van der Waals surface area contributed by atoms with Crippen molar-refractivity contribution in [2.45, 2.75) is 5.16 Å². The van der Waals surface area contributed by atoms with E-state index >= 15 is 0 Å². The summed E-state index contributed by atoms with van der Waals surface area (Å²) in [5, 5.41) is 2.89. The van der Waals surface area contributed by atoms with Crippen LogP contribution in [0.1, 0.15) is 0 Å². The number of fused-ring (bicyclic) bond motifs is 1. The number of thiazole rings is 1. The van der Waals surface area contributed by atoms with Crippen LogP contribution >= 0.6 is 35.3 Å². The number of anilines is 1. The molecule has 2 heterocycles. The molecule has 6 nitrogen and oxygen atoms in total. The first-order valence-corrected chi connectivity index (χ1v) is 11.0. The maximum Gasteiger partial charge on any atom is 0.273 e. The second kappa shape index (κ2) is 8.50. The molecule has 0 radical (unpaired) electrons. The molecule has 0 bridgehead atoms. The van der Waals surface area contributed by atoms with E-state index < -0.39 is 11.7 Å². The number of amides is 1. The number of aromatic nitrogens is 3. The lowest BCUT2D eigenvalue weighted by Crippen LogP contribution is -2.21. The zero-order valence-corrected chi connectivity index (χ0v) is 18.1. The number of rotatable bonds is 5. The highest BCUT2D eigenvalue weighted by molar-refractivity contribution is 7.99. The summed E-state index contributed by atoms with van der Waals surface area (Å²) in [6, 6.07) is 15.4. The van der Waals surface area contributed by atoms with E-state index in [1.165, 1.54) is 28.0 Å². The molecule has 30 heavy (non-hydrogen) atoms. The zero-order valence-electron chi connectivity index (χ0n) is 15.7. The first kappa shape index (κ1) is 20.5. The smallest absolute Gasteiger partial charge is 0.273 e. The third-order valence-electron chi connectivity index (χ3n) is 4.27. The molecule has 0 atom stereocenters. The third kappa shape index (κ3) is 3.93. The van der Waals surface area contributed by atoms with Crippen molar-refractivity contribution >= 4 is 57.3 Å². The van der Waals surface area contributed by atoms with Gasteiger partial charge in [-0.05, 0) is 36.5 Å². The van der Waals surface area contributed by atoms with Crippen LogP contribution < -0.4 is 10.9 Å². The summed E-state index contributed by atoms with van der Waals surface area (Å²) in [5.74, 6) is -0.941. The Bertz CT molecular complexity index is 1360. The number of carbonyl (C=O) groups excluding carboxylic acids is 1. The van der Waals surface area contributed by atoms with Gasteiger partial charge in [0.2, 0.25) is 5.91 Å². The SMILES string of the molecule is Cn1c(SCC(=O)Nc2ccccc2F)nc2c(sc(=S)n2-c2ccccc2)c1=O. The standard InChI is InChI=1S/C20H15FN4O2S3/c1-24-18(27)16-17(25(20(28)30-16)12-7-3-2-4-8-12)23-19(24)29-11-15(26)22-14-10-6-5-9-13(14)21/h2-10H,11H2,1H3,(H,22,26). The van der Waals surface area contributed by atoms with E-state index in [9.17, 15) is 14.0 Å². The van der Waals surface area contributed by atoms with Gasteiger partial charge < -0.3 is 5.32 Å². The zero-order chi connectivity index (χ0) is 21.3. The van der Waals surface area contributed by atoms with Gasteiger partial charge in [-0.25, -0.2) is 9.37 Å². The molecule has 0 fully saturated rings. The van der Waals surface area contributed by atoms with Gasteiger partial charge in [0.05, 0.1) is 11.4 Å². The van der Waals surface area contributed by atoms with Crippen molar-refractivity contribution in [2.24, 2.45) is 7.05 Å². The minimum absolute atomic E-state index is 0.0314. The Morgan fingerprint density at radius 2 is 1.90 bits per heavy atom.